The van der Waals surface area contributed by atoms with Crippen molar-refractivity contribution in [1.82, 2.24) is 0 Å². The molecule has 1 aromatic carbocycles. The Morgan fingerprint density at radius 1 is 1.16 bits per heavy atom. The molecular formula is C27H28O11. The predicted octanol–water partition coefficient (Wildman–Crippen LogP) is 2.89. The number of rotatable bonds is 7. The molecule has 3 aliphatic rings. The summed E-state index contributed by atoms with van der Waals surface area (Å²) in [5, 5.41) is 0. The van der Waals surface area contributed by atoms with E-state index in [-0.39, 0.29) is 40.4 Å². The number of ether oxygens (including phenoxy) is 6. The summed E-state index contributed by atoms with van der Waals surface area (Å²) in [4.78, 5) is 64.1. The molecule has 0 unspecified atom stereocenters. The van der Waals surface area contributed by atoms with Gasteiger partial charge in [-0.25, -0.2) is 4.79 Å². The number of epoxide rings is 1. The van der Waals surface area contributed by atoms with Crippen LogP contribution in [-0.2, 0) is 33.3 Å². The molecule has 0 bridgehead atoms. The second kappa shape index (κ2) is 9.80. The van der Waals surface area contributed by atoms with Crippen LogP contribution >= 0.6 is 0 Å². The monoisotopic (exact) mass is 528 g/mol. The molecule has 38 heavy (non-hydrogen) atoms. The van der Waals surface area contributed by atoms with Gasteiger partial charge in [-0.15, -0.1) is 0 Å². The molecule has 0 spiro atoms. The van der Waals surface area contributed by atoms with Crippen LogP contribution < -0.4 is 4.74 Å². The van der Waals surface area contributed by atoms with E-state index < -0.39 is 53.2 Å². The van der Waals surface area contributed by atoms with Gasteiger partial charge in [0.05, 0.1) is 5.56 Å². The number of carbonyl (C=O) groups is 5. The minimum Gasteiger partial charge on any atom is -0.467 e. The second-order valence-corrected chi connectivity index (χ2v) is 10.2. The average Bonchev–Trinajstić information content (AvgIpc) is 3.52. The highest BCUT2D eigenvalue weighted by molar-refractivity contribution is 6.27. The molecule has 4 atom stereocenters. The first-order chi connectivity index (χ1) is 17.8. The number of esters is 1. The third-order valence-corrected chi connectivity index (χ3v) is 6.25. The molecule has 0 N–H and O–H groups in total. The van der Waals surface area contributed by atoms with E-state index in [1.807, 2.05) is 0 Å². The smallest absolute Gasteiger partial charge is 0.467 e. The van der Waals surface area contributed by atoms with Gasteiger partial charge in [-0.05, 0) is 39.8 Å². The zero-order chi connectivity index (χ0) is 28.0. The van der Waals surface area contributed by atoms with Gasteiger partial charge in [0, 0.05) is 36.3 Å². The molecule has 0 aromatic heterocycles. The first-order valence-corrected chi connectivity index (χ1v) is 11.8. The van der Waals surface area contributed by atoms with Crippen LogP contribution in [0.2, 0.25) is 0 Å². The topological polar surface area (TPSA) is 144 Å². The van der Waals surface area contributed by atoms with Crippen molar-refractivity contribution in [1.29, 1.82) is 0 Å². The molecule has 1 aliphatic heterocycles. The quantitative estimate of drug-likeness (QED) is 0.223. The molecule has 11 heteroatoms. The largest absolute Gasteiger partial charge is 0.509 e. The summed E-state index contributed by atoms with van der Waals surface area (Å²) < 4.78 is 32.5. The second-order valence-electron chi connectivity index (χ2n) is 10.2. The van der Waals surface area contributed by atoms with E-state index in [1.54, 1.807) is 27.7 Å². The van der Waals surface area contributed by atoms with Gasteiger partial charge < -0.3 is 28.4 Å². The molecule has 1 fully saturated rings. The maximum absolute atomic E-state index is 13.8. The van der Waals surface area contributed by atoms with Gasteiger partial charge in [0.15, 0.2) is 30.6 Å². The van der Waals surface area contributed by atoms with E-state index in [2.05, 4.69) is 0 Å². The van der Waals surface area contributed by atoms with E-state index in [9.17, 15) is 24.0 Å². The minimum absolute atomic E-state index is 0.0176. The molecule has 2 aliphatic carbocycles. The van der Waals surface area contributed by atoms with Gasteiger partial charge >= 0.3 is 12.1 Å². The number of benzene rings is 1. The van der Waals surface area contributed by atoms with Gasteiger partial charge in [-0.2, -0.15) is 0 Å². The van der Waals surface area contributed by atoms with E-state index in [1.165, 1.54) is 32.2 Å². The van der Waals surface area contributed by atoms with E-state index in [4.69, 9.17) is 28.4 Å². The van der Waals surface area contributed by atoms with Crippen LogP contribution in [0.4, 0.5) is 4.79 Å². The SMILES string of the molecule is COCOc1cccc2c1C(=O)C=C(C1=C(C=O)[C@@H](OC(C)=O)[C@@]3(C)O[C@H]3[C@H]1OC(=O)OC(C)(C)C)C2=O. The summed E-state index contributed by atoms with van der Waals surface area (Å²) in [7, 11) is 1.41. The summed E-state index contributed by atoms with van der Waals surface area (Å²) in [6.45, 7) is 7.53. The fraction of sp³-hybridized carbons (Fsp3) is 0.444. The predicted molar refractivity (Wildman–Crippen MR) is 129 cm³/mol. The van der Waals surface area contributed by atoms with E-state index >= 15 is 0 Å². The number of ketones is 2. The number of carbonyl (C=O) groups excluding carboxylic acids is 5. The third-order valence-electron chi connectivity index (χ3n) is 6.25. The van der Waals surface area contributed by atoms with Gasteiger partial charge in [-0.3, -0.25) is 19.2 Å². The summed E-state index contributed by atoms with van der Waals surface area (Å²) in [5.41, 5.74) is -2.52. The molecule has 0 amide bonds. The lowest BCUT2D eigenvalue weighted by molar-refractivity contribution is -0.147. The number of allylic oxidation sites excluding steroid dienone is 1. The Morgan fingerprint density at radius 3 is 2.47 bits per heavy atom. The summed E-state index contributed by atoms with van der Waals surface area (Å²) >= 11 is 0. The van der Waals surface area contributed by atoms with Crippen LogP contribution in [-0.4, -0.2) is 73.4 Å². The summed E-state index contributed by atoms with van der Waals surface area (Å²) in [6, 6.07) is 4.50. The number of aldehydes is 1. The maximum atomic E-state index is 13.8. The molecule has 1 heterocycles. The van der Waals surface area contributed by atoms with Gasteiger partial charge in [0.1, 0.15) is 29.3 Å². The van der Waals surface area contributed by atoms with Crippen molar-refractivity contribution in [2.75, 3.05) is 13.9 Å². The van der Waals surface area contributed by atoms with E-state index in [0.29, 0.717) is 6.29 Å². The lowest BCUT2D eigenvalue weighted by atomic mass is 9.74. The normalized spacial score (nSPS) is 26.1. The Balaban J connectivity index is 1.85. The van der Waals surface area contributed by atoms with Crippen molar-refractivity contribution in [3.8, 4) is 5.75 Å². The minimum atomic E-state index is -1.31. The summed E-state index contributed by atoms with van der Waals surface area (Å²) in [5.74, 6) is -1.76. The van der Waals surface area contributed by atoms with Crippen LogP contribution in [0.1, 0.15) is 55.3 Å². The molecule has 0 saturated carbocycles. The van der Waals surface area contributed by atoms with Crippen LogP contribution in [0.5, 0.6) is 5.75 Å². The number of fused-ring (bicyclic) bond motifs is 2. The molecule has 0 radical (unpaired) electrons. The number of methoxy groups -OCH3 is 1. The third kappa shape index (κ3) is 4.86. The lowest BCUT2D eigenvalue weighted by Crippen LogP contribution is -2.47. The zero-order valence-electron chi connectivity index (χ0n) is 21.8. The maximum Gasteiger partial charge on any atom is 0.509 e. The van der Waals surface area contributed by atoms with E-state index in [0.717, 1.165) is 6.08 Å². The zero-order valence-corrected chi connectivity index (χ0v) is 21.8. The Morgan fingerprint density at radius 2 is 1.87 bits per heavy atom. The molecule has 4 rings (SSSR count). The first-order valence-electron chi connectivity index (χ1n) is 11.8. The Labute approximate surface area is 218 Å². The number of Topliss-reactive ketones (excluding diaryl/α,β-unsaturated/α-hetero) is 1. The van der Waals surface area contributed by atoms with Crippen LogP contribution in [0.25, 0.3) is 0 Å². The fourth-order valence-corrected chi connectivity index (χ4v) is 4.69. The highest BCUT2D eigenvalue weighted by Crippen LogP contribution is 2.53. The fourth-order valence-electron chi connectivity index (χ4n) is 4.69. The summed E-state index contributed by atoms with van der Waals surface area (Å²) in [6.07, 6.45) is -3.02. The van der Waals surface area contributed by atoms with Crippen molar-refractivity contribution in [3.05, 3.63) is 52.1 Å². The van der Waals surface area contributed by atoms with Gasteiger partial charge in [-0.1, -0.05) is 12.1 Å². The van der Waals surface area contributed by atoms with Crippen LogP contribution in [0, 0.1) is 0 Å². The molecule has 11 nitrogen and oxygen atoms in total. The Bertz CT molecular complexity index is 1280. The van der Waals surface area contributed by atoms with Crippen molar-refractivity contribution in [2.24, 2.45) is 0 Å². The standard InChI is InChI=1S/C27H28O11/c1-13(29)35-23-16(11-28)19(22(24-27(23,5)37-24)36-25(32)38-26(2,3)4)15-10-17(30)20-14(21(15)31)8-7-9-18(20)34-12-33-6/h7-11,22-24H,12H2,1-6H3/t22-,23+,24-,27+/m0/s1. The number of hydrogen-bond donors (Lipinski definition) is 0. The molecule has 1 saturated heterocycles. The van der Waals surface area contributed by atoms with Crippen molar-refractivity contribution < 1.29 is 52.4 Å². The highest BCUT2D eigenvalue weighted by atomic mass is 16.8. The average molecular weight is 529 g/mol. The lowest BCUT2D eigenvalue weighted by Gasteiger charge is -2.33. The first kappa shape index (κ1) is 27.2. The molecule has 202 valence electrons. The highest BCUT2D eigenvalue weighted by Gasteiger charge is 2.69. The van der Waals surface area contributed by atoms with Crippen molar-refractivity contribution >= 4 is 30.0 Å². The number of hydrogen-bond acceptors (Lipinski definition) is 11. The molecule has 1 aromatic rings. The Kier molecular flexibility index (Phi) is 7.02. The molecular weight excluding hydrogens is 500 g/mol. The van der Waals surface area contributed by atoms with Crippen molar-refractivity contribution in [2.45, 2.75) is 64.1 Å². The van der Waals surface area contributed by atoms with Crippen LogP contribution in [0.15, 0.2) is 41.0 Å². The Hall–Kier alpha value is -3.83. The van der Waals surface area contributed by atoms with Crippen LogP contribution in [0.3, 0.4) is 0 Å². The van der Waals surface area contributed by atoms with Gasteiger partial charge in [0.25, 0.3) is 0 Å². The van der Waals surface area contributed by atoms with Gasteiger partial charge in [0.2, 0.25) is 0 Å². The van der Waals surface area contributed by atoms with Crippen molar-refractivity contribution in [3.63, 3.8) is 0 Å².